The van der Waals surface area contributed by atoms with Crippen LogP contribution in [0.4, 0.5) is 5.13 Å². The van der Waals surface area contributed by atoms with Crippen LogP contribution in [0, 0.1) is 6.92 Å². The van der Waals surface area contributed by atoms with E-state index in [-0.39, 0.29) is 11.5 Å². The van der Waals surface area contributed by atoms with Crippen LogP contribution in [0.5, 0.6) is 5.75 Å². The van der Waals surface area contributed by atoms with Crippen molar-refractivity contribution in [3.05, 3.63) is 74.9 Å². The van der Waals surface area contributed by atoms with E-state index < -0.39 is 6.04 Å². The van der Waals surface area contributed by atoms with Crippen molar-refractivity contribution >= 4 is 44.9 Å². The molecule has 0 saturated heterocycles. The molecule has 0 aliphatic heterocycles. The number of nitrogens with one attached hydrogen (secondary N) is 1. The molecule has 0 radical (unpaired) electrons. The SMILES string of the molecule is COc1cccc2c(C)cc(=O)n(C(C)C(=O)Nc3nc(-c4ccc(Cl)cc4)cs3)c12. The van der Waals surface area contributed by atoms with Gasteiger partial charge in [0.25, 0.3) is 5.56 Å². The molecule has 0 fully saturated rings. The average Bonchev–Trinajstić information content (AvgIpc) is 3.22. The third-order valence-electron chi connectivity index (χ3n) is 5.10. The summed E-state index contributed by atoms with van der Waals surface area (Å²) in [5, 5.41) is 6.65. The van der Waals surface area contributed by atoms with Gasteiger partial charge >= 0.3 is 0 Å². The fourth-order valence-corrected chi connectivity index (χ4v) is 4.34. The Bertz CT molecular complexity index is 1330. The minimum Gasteiger partial charge on any atom is -0.495 e. The fraction of sp³-hybridized carbons (Fsp3) is 0.174. The van der Waals surface area contributed by atoms with Crippen molar-refractivity contribution in [1.82, 2.24) is 9.55 Å². The number of nitrogens with zero attached hydrogens (tertiary/aromatic N) is 2. The van der Waals surface area contributed by atoms with Gasteiger partial charge in [0.05, 0.1) is 18.3 Å². The molecule has 0 spiro atoms. The summed E-state index contributed by atoms with van der Waals surface area (Å²) in [5.74, 6) is 0.201. The third kappa shape index (κ3) is 4.06. The lowest BCUT2D eigenvalue weighted by molar-refractivity contribution is -0.118. The summed E-state index contributed by atoms with van der Waals surface area (Å²) in [6.45, 7) is 3.55. The number of methoxy groups -OCH3 is 1. The number of fused-ring (bicyclic) bond motifs is 1. The van der Waals surface area contributed by atoms with E-state index in [4.69, 9.17) is 16.3 Å². The molecule has 2 aromatic heterocycles. The summed E-state index contributed by atoms with van der Waals surface area (Å²) in [5.41, 5.74) is 2.80. The van der Waals surface area contributed by atoms with Gasteiger partial charge in [-0.15, -0.1) is 11.3 Å². The monoisotopic (exact) mass is 453 g/mol. The Morgan fingerprint density at radius 3 is 2.68 bits per heavy atom. The van der Waals surface area contributed by atoms with Crippen LogP contribution < -0.4 is 15.6 Å². The Labute approximate surface area is 188 Å². The first kappa shape index (κ1) is 21.1. The number of carbonyl (C=O) groups is 1. The minimum atomic E-state index is -0.769. The van der Waals surface area contributed by atoms with Crippen LogP contribution in [-0.4, -0.2) is 22.6 Å². The zero-order chi connectivity index (χ0) is 22.1. The van der Waals surface area contributed by atoms with Gasteiger partial charge in [-0.2, -0.15) is 0 Å². The number of thiazole rings is 1. The highest BCUT2D eigenvalue weighted by Crippen LogP contribution is 2.30. The molecule has 4 rings (SSSR count). The van der Waals surface area contributed by atoms with Gasteiger partial charge in [-0.25, -0.2) is 4.98 Å². The maximum absolute atomic E-state index is 13.0. The van der Waals surface area contributed by atoms with Crippen LogP contribution in [-0.2, 0) is 4.79 Å². The molecule has 0 aliphatic carbocycles. The Morgan fingerprint density at radius 1 is 1.23 bits per heavy atom. The van der Waals surface area contributed by atoms with Crippen molar-refractivity contribution in [3.63, 3.8) is 0 Å². The van der Waals surface area contributed by atoms with Crippen LogP contribution >= 0.6 is 22.9 Å². The molecule has 4 aromatic rings. The average molecular weight is 454 g/mol. The zero-order valence-corrected chi connectivity index (χ0v) is 18.8. The third-order valence-corrected chi connectivity index (χ3v) is 6.11. The molecule has 1 amide bonds. The maximum Gasteiger partial charge on any atom is 0.252 e. The van der Waals surface area contributed by atoms with Gasteiger partial charge in [0, 0.05) is 27.4 Å². The first-order valence-corrected chi connectivity index (χ1v) is 10.9. The molecule has 0 saturated carbocycles. The van der Waals surface area contributed by atoms with Gasteiger partial charge in [-0.3, -0.25) is 14.2 Å². The van der Waals surface area contributed by atoms with Crippen LogP contribution in [0.1, 0.15) is 18.5 Å². The van der Waals surface area contributed by atoms with Crippen molar-refractivity contribution in [2.75, 3.05) is 12.4 Å². The fourth-order valence-electron chi connectivity index (χ4n) is 3.49. The molecule has 1 unspecified atom stereocenters. The molecule has 1 N–H and O–H groups in total. The number of aryl methyl sites for hydroxylation is 1. The van der Waals surface area contributed by atoms with E-state index in [9.17, 15) is 9.59 Å². The minimum absolute atomic E-state index is 0.266. The maximum atomic E-state index is 13.0. The van der Waals surface area contributed by atoms with Crippen LogP contribution in [0.3, 0.4) is 0 Å². The molecule has 1 atom stereocenters. The van der Waals surface area contributed by atoms with E-state index in [0.29, 0.717) is 21.4 Å². The normalized spacial score (nSPS) is 12.0. The highest BCUT2D eigenvalue weighted by atomic mass is 35.5. The van der Waals surface area contributed by atoms with E-state index in [2.05, 4.69) is 10.3 Å². The summed E-state index contributed by atoms with van der Waals surface area (Å²) in [6.07, 6.45) is 0. The highest BCUT2D eigenvalue weighted by molar-refractivity contribution is 7.14. The van der Waals surface area contributed by atoms with Gasteiger partial charge in [0.15, 0.2) is 5.13 Å². The predicted octanol–water partition coefficient (Wildman–Crippen LogP) is 5.30. The van der Waals surface area contributed by atoms with E-state index in [1.165, 1.54) is 22.0 Å². The molecular formula is C23H20ClN3O3S. The molecule has 158 valence electrons. The Balaban J connectivity index is 1.66. The van der Waals surface area contributed by atoms with E-state index >= 15 is 0 Å². The Kier molecular flexibility index (Phi) is 5.80. The number of aromatic nitrogens is 2. The largest absolute Gasteiger partial charge is 0.495 e. The molecule has 0 aliphatic rings. The van der Waals surface area contributed by atoms with Gasteiger partial charge in [0.1, 0.15) is 11.8 Å². The second kappa shape index (κ2) is 8.53. The standard InChI is InChI=1S/C23H20ClN3O3S/c1-13-11-20(28)27(21-17(13)5-4-6-19(21)30-3)14(2)22(29)26-23-25-18(12-31-23)15-7-9-16(24)10-8-15/h4-12,14H,1-3H3,(H,25,26,29). The van der Waals surface area contributed by atoms with Crippen molar-refractivity contribution in [2.24, 2.45) is 0 Å². The second-order valence-corrected chi connectivity index (χ2v) is 8.40. The number of benzene rings is 2. The summed E-state index contributed by atoms with van der Waals surface area (Å²) in [7, 11) is 1.55. The first-order chi connectivity index (χ1) is 14.9. The molecule has 6 nitrogen and oxygen atoms in total. The van der Waals surface area contributed by atoms with Crippen LogP contribution in [0.15, 0.2) is 58.7 Å². The number of para-hydroxylation sites is 1. The molecule has 8 heteroatoms. The van der Waals surface area contributed by atoms with Crippen LogP contribution in [0.25, 0.3) is 22.2 Å². The first-order valence-electron chi connectivity index (χ1n) is 9.60. The van der Waals surface area contributed by atoms with Crippen LogP contribution in [0.2, 0.25) is 5.02 Å². The predicted molar refractivity (Wildman–Crippen MR) is 125 cm³/mol. The zero-order valence-electron chi connectivity index (χ0n) is 17.2. The molecule has 2 heterocycles. The second-order valence-electron chi connectivity index (χ2n) is 7.10. The number of ether oxygens (including phenoxy) is 1. The lowest BCUT2D eigenvalue weighted by Crippen LogP contribution is -2.32. The van der Waals surface area contributed by atoms with Gasteiger partial charge in [0.2, 0.25) is 5.91 Å². The number of amides is 1. The Morgan fingerprint density at radius 2 is 1.97 bits per heavy atom. The van der Waals surface area contributed by atoms with Gasteiger partial charge in [-0.05, 0) is 37.6 Å². The van der Waals surface area contributed by atoms with E-state index in [1.807, 2.05) is 36.6 Å². The van der Waals surface area contributed by atoms with Crippen molar-refractivity contribution in [1.29, 1.82) is 0 Å². The number of halogens is 1. The number of pyridine rings is 1. The van der Waals surface area contributed by atoms with E-state index in [0.717, 1.165) is 22.2 Å². The topological polar surface area (TPSA) is 73.2 Å². The Hall–Kier alpha value is -3.16. The lowest BCUT2D eigenvalue weighted by Gasteiger charge is -2.19. The number of rotatable bonds is 5. The number of anilines is 1. The van der Waals surface area contributed by atoms with Crippen molar-refractivity contribution < 1.29 is 9.53 Å². The summed E-state index contributed by atoms with van der Waals surface area (Å²) >= 11 is 7.26. The smallest absolute Gasteiger partial charge is 0.252 e. The molecule has 2 aromatic carbocycles. The van der Waals surface area contributed by atoms with E-state index in [1.54, 1.807) is 32.2 Å². The summed E-state index contributed by atoms with van der Waals surface area (Å²) in [6, 6.07) is 13.6. The molecule has 31 heavy (non-hydrogen) atoms. The van der Waals surface area contributed by atoms with Gasteiger partial charge in [-0.1, -0.05) is 35.9 Å². The number of carbonyl (C=O) groups excluding carboxylic acids is 1. The summed E-state index contributed by atoms with van der Waals surface area (Å²) in [4.78, 5) is 30.4. The lowest BCUT2D eigenvalue weighted by atomic mass is 10.1. The molecular weight excluding hydrogens is 434 g/mol. The van der Waals surface area contributed by atoms with Gasteiger partial charge < -0.3 is 10.1 Å². The van der Waals surface area contributed by atoms with Crippen molar-refractivity contribution in [2.45, 2.75) is 19.9 Å². The highest BCUT2D eigenvalue weighted by Gasteiger charge is 2.22. The van der Waals surface area contributed by atoms with Crippen molar-refractivity contribution in [3.8, 4) is 17.0 Å². The number of hydrogen-bond acceptors (Lipinski definition) is 5. The molecule has 0 bridgehead atoms. The quantitative estimate of drug-likeness (QED) is 0.445. The number of hydrogen-bond donors (Lipinski definition) is 1. The summed E-state index contributed by atoms with van der Waals surface area (Å²) < 4.78 is 6.94.